The van der Waals surface area contributed by atoms with Crippen LogP contribution in [0, 0.1) is 6.57 Å². The summed E-state index contributed by atoms with van der Waals surface area (Å²) in [7, 11) is 0. The summed E-state index contributed by atoms with van der Waals surface area (Å²) < 4.78 is 11.4. The van der Waals surface area contributed by atoms with Gasteiger partial charge < -0.3 is 9.39 Å². The van der Waals surface area contributed by atoms with Gasteiger partial charge in [-0.2, -0.15) is 0 Å². The predicted molar refractivity (Wildman–Crippen MR) is 79.5 cm³/mol. The second-order valence-electron chi connectivity index (χ2n) is 4.88. The Morgan fingerprint density at radius 1 is 1.25 bits per heavy atom. The topological polar surface area (TPSA) is 22.8 Å². The van der Waals surface area contributed by atoms with Crippen molar-refractivity contribution in [1.82, 2.24) is 0 Å². The third-order valence-corrected chi connectivity index (χ3v) is 3.51. The molecule has 3 rings (SSSR count). The van der Waals surface area contributed by atoms with Crippen LogP contribution >= 0.6 is 0 Å². The Bertz CT molecular complexity index is 661. The molecule has 0 saturated carbocycles. The third kappa shape index (κ3) is 2.54. The summed E-state index contributed by atoms with van der Waals surface area (Å²) in [6.07, 6.45) is 0. The molecule has 1 aliphatic rings. The number of nitrogens with zero attached hydrogens (tertiary/aromatic N) is 1. The van der Waals surface area contributed by atoms with E-state index in [1.165, 1.54) is 11.0 Å². The fraction of sp³-hybridized carbons (Fsp3) is 0.188. The molecule has 0 amide bonds. The van der Waals surface area contributed by atoms with Crippen LogP contribution in [0.3, 0.4) is 0 Å². The lowest BCUT2D eigenvalue weighted by Gasteiger charge is -2.08. The molecule has 0 N–H and O–H groups in total. The van der Waals surface area contributed by atoms with E-state index in [1.807, 2.05) is 36.4 Å². The van der Waals surface area contributed by atoms with Crippen LogP contribution < -0.4 is 10.2 Å². The van der Waals surface area contributed by atoms with Gasteiger partial charge in [-0.15, -0.1) is 0 Å². The third-order valence-electron chi connectivity index (χ3n) is 3.51. The Morgan fingerprint density at radius 3 is 2.80 bits per heavy atom. The quantitative estimate of drug-likeness (QED) is 0.627. The number of benzene rings is 2. The average molecular weight is 263 g/mol. The van der Waals surface area contributed by atoms with Gasteiger partial charge in [-0.25, -0.2) is 4.85 Å². The highest BCUT2D eigenvalue weighted by Gasteiger charge is 2.23. The van der Waals surface area contributed by atoms with E-state index in [4.69, 9.17) is 16.0 Å². The van der Waals surface area contributed by atoms with Crippen LogP contribution in [0.4, 0.5) is 5.69 Å². The fourth-order valence-electron chi connectivity index (χ4n) is 2.33. The van der Waals surface area contributed by atoms with Gasteiger partial charge in [-0.3, -0.25) is 0 Å². The average Bonchev–Trinajstić information content (AvgIpc) is 2.87. The number of hydrogen-bond acceptors (Lipinski definition) is 2. The maximum atomic E-state index is 6.92. The zero-order valence-electron chi connectivity index (χ0n) is 11.3. The van der Waals surface area contributed by atoms with E-state index in [2.05, 4.69) is 17.7 Å². The molecule has 0 radical (unpaired) electrons. The van der Waals surface area contributed by atoms with E-state index in [0.717, 1.165) is 11.3 Å². The predicted octanol–water partition coefficient (Wildman–Crippen LogP) is 3.17. The van der Waals surface area contributed by atoms with Gasteiger partial charge in [0.15, 0.2) is 5.69 Å². The summed E-state index contributed by atoms with van der Waals surface area (Å²) in [6.45, 7) is 10.3. The SMILES string of the molecule is [C-]#[N+]c1ccc(COc2ccc3c(c2)COB3C)cc1. The van der Waals surface area contributed by atoms with Gasteiger partial charge in [0.05, 0.1) is 13.2 Å². The molecule has 98 valence electrons. The highest BCUT2D eigenvalue weighted by Crippen LogP contribution is 2.19. The Hall–Kier alpha value is -2.25. The van der Waals surface area contributed by atoms with Crippen molar-refractivity contribution < 1.29 is 9.39 Å². The molecule has 3 nitrogen and oxygen atoms in total. The summed E-state index contributed by atoms with van der Waals surface area (Å²) in [5, 5.41) is 0. The number of fused-ring (bicyclic) bond motifs is 1. The minimum atomic E-state index is 0.181. The van der Waals surface area contributed by atoms with Gasteiger partial charge in [0.2, 0.25) is 0 Å². The standard InChI is InChI=1S/C16H14BNO2/c1-17-16-8-7-15(9-13(16)11-20-17)19-10-12-3-5-14(18-2)6-4-12/h3-9H,10-11H2,1H3. The lowest BCUT2D eigenvalue weighted by atomic mass is 9.64. The van der Waals surface area contributed by atoms with E-state index in [9.17, 15) is 0 Å². The molecule has 4 heteroatoms. The number of rotatable bonds is 3. The van der Waals surface area contributed by atoms with Crippen molar-refractivity contribution in [2.45, 2.75) is 20.0 Å². The monoisotopic (exact) mass is 263 g/mol. The zero-order chi connectivity index (χ0) is 13.9. The summed E-state index contributed by atoms with van der Waals surface area (Å²) in [6, 6.07) is 13.6. The normalized spacial score (nSPS) is 12.9. The molecule has 2 aromatic carbocycles. The maximum Gasteiger partial charge on any atom is 0.324 e. The van der Waals surface area contributed by atoms with Gasteiger partial charge >= 0.3 is 6.92 Å². The Morgan fingerprint density at radius 2 is 2.05 bits per heavy atom. The maximum absolute atomic E-state index is 6.92. The fourth-order valence-corrected chi connectivity index (χ4v) is 2.33. The van der Waals surface area contributed by atoms with Gasteiger partial charge in [0.1, 0.15) is 12.4 Å². The molecule has 20 heavy (non-hydrogen) atoms. The molecular formula is C16H14BNO2. The highest BCUT2D eigenvalue weighted by atomic mass is 16.5. The van der Waals surface area contributed by atoms with Crippen LogP contribution in [0.15, 0.2) is 42.5 Å². The van der Waals surface area contributed by atoms with E-state index in [-0.39, 0.29) is 6.92 Å². The van der Waals surface area contributed by atoms with Crippen LogP contribution in [-0.2, 0) is 17.9 Å². The van der Waals surface area contributed by atoms with Crippen LogP contribution in [0.2, 0.25) is 6.82 Å². The highest BCUT2D eigenvalue weighted by molar-refractivity contribution is 6.67. The van der Waals surface area contributed by atoms with Crippen molar-refractivity contribution in [1.29, 1.82) is 0 Å². The minimum absolute atomic E-state index is 0.181. The number of hydrogen-bond donors (Lipinski definition) is 0. The molecule has 0 fully saturated rings. The van der Waals surface area contributed by atoms with Gasteiger partial charge in [0, 0.05) is 0 Å². The number of ether oxygens (including phenoxy) is 1. The van der Waals surface area contributed by atoms with Gasteiger partial charge in [0.25, 0.3) is 0 Å². The molecule has 1 aliphatic heterocycles. The molecular weight excluding hydrogens is 249 g/mol. The lowest BCUT2D eigenvalue weighted by Crippen LogP contribution is -2.23. The Kier molecular flexibility index (Phi) is 3.45. The Balaban J connectivity index is 1.68. The van der Waals surface area contributed by atoms with Gasteiger partial charge in [-0.05, 0) is 28.7 Å². The van der Waals surface area contributed by atoms with Crippen LogP contribution in [0.5, 0.6) is 5.75 Å². The summed E-state index contributed by atoms with van der Waals surface area (Å²) in [5.41, 5.74) is 4.16. The minimum Gasteiger partial charge on any atom is -0.489 e. The molecule has 1 heterocycles. The van der Waals surface area contributed by atoms with Crippen molar-refractivity contribution in [2.75, 3.05) is 0 Å². The first-order valence-corrected chi connectivity index (χ1v) is 6.60. The van der Waals surface area contributed by atoms with Crippen LogP contribution in [0.25, 0.3) is 4.85 Å². The van der Waals surface area contributed by atoms with E-state index >= 15 is 0 Å². The largest absolute Gasteiger partial charge is 0.489 e. The van der Waals surface area contributed by atoms with Crippen molar-refractivity contribution >= 4 is 18.1 Å². The first-order valence-electron chi connectivity index (χ1n) is 6.60. The van der Waals surface area contributed by atoms with E-state index < -0.39 is 0 Å². The molecule has 0 bridgehead atoms. The summed E-state index contributed by atoms with van der Waals surface area (Å²) in [4.78, 5) is 3.37. The zero-order valence-corrected chi connectivity index (χ0v) is 11.3. The Labute approximate surface area is 119 Å². The summed E-state index contributed by atoms with van der Waals surface area (Å²) in [5.74, 6) is 0.857. The first kappa shape index (κ1) is 12.8. The van der Waals surface area contributed by atoms with E-state index in [1.54, 1.807) is 0 Å². The van der Waals surface area contributed by atoms with Crippen molar-refractivity contribution in [3.63, 3.8) is 0 Å². The molecule has 0 unspecified atom stereocenters. The van der Waals surface area contributed by atoms with Gasteiger partial charge in [-0.1, -0.05) is 37.2 Å². The van der Waals surface area contributed by atoms with Crippen molar-refractivity contribution in [3.05, 3.63) is 65.0 Å². The van der Waals surface area contributed by atoms with Crippen molar-refractivity contribution in [3.8, 4) is 5.75 Å². The van der Waals surface area contributed by atoms with E-state index in [0.29, 0.717) is 18.9 Å². The molecule has 0 saturated heterocycles. The van der Waals surface area contributed by atoms with Crippen LogP contribution in [0.1, 0.15) is 11.1 Å². The molecule has 0 spiro atoms. The molecule has 0 atom stereocenters. The first-order chi connectivity index (χ1) is 9.76. The molecule has 2 aromatic rings. The lowest BCUT2D eigenvalue weighted by molar-refractivity contribution is 0.303. The smallest absolute Gasteiger partial charge is 0.324 e. The van der Waals surface area contributed by atoms with Crippen LogP contribution in [-0.4, -0.2) is 6.92 Å². The molecule has 0 aromatic heterocycles. The second kappa shape index (κ2) is 5.40. The molecule has 0 aliphatic carbocycles. The summed E-state index contributed by atoms with van der Waals surface area (Å²) >= 11 is 0. The van der Waals surface area contributed by atoms with Crippen molar-refractivity contribution in [2.24, 2.45) is 0 Å². The second-order valence-corrected chi connectivity index (χ2v) is 4.88.